The Kier molecular flexibility index (Phi) is 6.22. The second-order valence-corrected chi connectivity index (χ2v) is 4.45. The second-order valence-electron chi connectivity index (χ2n) is 4.45. The van der Waals surface area contributed by atoms with Crippen LogP contribution in [-0.2, 0) is 24.8 Å². The minimum Gasteiger partial charge on any atom is -0.377 e. The van der Waals surface area contributed by atoms with Crippen molar-refractivity contribution < 1.29 is 9.30 Å². The Labute approximate surface area is 115 Å². The first-order chi connectivity index (χ1) is 8.74. The van der Waals surface area contributed by atoms with Crippen LogP contribution >= 0.6 is 0 Å². The molecule has 0 N–H and O–H groups in total. The van der Waals surface area contributed by atoms with Gasteiger partial charge < -0.3 is 4.74 Å². The predicted octanol–water partition coefficient (Wildman–Crippen LogP) is 1.91. The van der Waals surface area contributed by atoms with E-state index in [9.17, 15) is 0 Å². The molecule has 4 heteroatoms. The lowest BCUT2D eigenvalue weighted by atomic mass is 10.2. The van der Waals surface area contributed by atoms with Gasteiger partial charge in [-0.1, -0.05) is 13.5 Å². The van der Waals surface area contributed by atoms with E-state index >= 15 is 0 Å². The molecule has 0 radical (unpaired) electrons. The van der Waals surface area contributed by atoms with Gasteiger partial charge in [0.15, 0.2) is 0 Å². The van der Waals surface area contributed by atoms with Crippen LogP contribution in [0, 0.1) is 6.92 Å². The number of ether oxygens (including phenoxy) is 1. The van der Waals surface area contributed by atoms with Gasteiger partial charge in [0, 0.05) is 17.8 Å². The quantitative estimate of drug-likeness (QED) is 0.588. The molecule has 0 aliphatic heterocycles. The molecule has 2 aromatic rings. The number of imidazole rings is 1. The molecule has 4 nitrogen and oxygen atoms in total. The lowest BCUT2D eigenvalue weighted by molar-refractivity contribution is -0.671. The summed E-state index contributed by atoms with van der Waals surface area (Å²) in [7, 11) is 2.01. The number of pyridine rings is 1. The minimum absolute atomic E-state index is 0. The number of rotatable bonds is 6. The molecule has 0 saturated heterocycles. The van der Waals surface area contributed by atoms with Crippen molar-refractivity contribution in [1.82, 2.24) is 9.55 Å². The Balaban J connectivity index is 0.00000180. The zero-order chi connectivity index (χ0) is 12.8. The van der Waals surface area contributed by atoms with Crippen LogP contribution in [0.15, 0.2) is 36.9 Å². The standard InChI is InChI=1S/C14H20N3O.CH4/c1-13-4-3-5-14(15-13)6-10-18-11-9-17-8-7-16(2)12-17;/h3-5,7-8,12H,6,9-11H2,1-2H3;1H4/q+1;. The number of hydrogen-bond donors (Lipinski definition) is 0. The fourth-order valence-corrected chi connectivity index (χ4v) is 1.82. The molecule has 0 aliphatic rings. The maximum Gasteiger partial charge on any atom is 0.243 e. The summed E-state index contributed by atoms with van der Waals surface area (Å²) in [5.41, 5.74) is 2.16. The number of hydrogen-bond acceptors (Lipinski definition) is 2. The first-order valence-corrected chi connectivity index (χ1v) is 6.25. The minimum atomic E-state index is 0. The molecule has 0 amide bonds. The van der Waals surface area contributed by atoms with Crippen molar-refractivity contribution in [1.29, 1.82) is 0 Å². The molecule has 2 heterocycles. The third-order valence-electron chi connectivity index (χ3n) is 2.77. The van der Waals surface area contributed by atoms with Gasteiger partial charge in [0.05, 0.1) is 20.3 Å². The summed E-state index contributed by atoms with van der Waals surface area (Å²) in [6, 6.07) is 6.09. The van der Waals surface area contributed by atoms with Gasteiger partial charge in [0.25, 0.3) is 0 Å². The summed E-state index contributed by atoms with van der Waals surface area (Å²) >= 11 is 0. The maximum absolute atomic E-state index is 5.62. The van der Waals surface area contributed by atoms with E-state index in [1.165, 1.54) is 0 Å². The molecule has 0 bridgehead atoms. The maximum atomic E-state index is 5.62. The van der Waals surface area contributed by atoms with E-state index in [1.807, 2.05) is 55.5 Å². The lowest BCUT2D eigenvalue weighted by Crippen LogP contribution is -2.24. The van der Waals surface area contributed by atoms with Crippen molar-refractivity contribution in [2.75, 3.05) is 13.2 Å². The normalized spacial score (nSPS) is 10.2. The van der Waals surface area contributed by atoms with Crippen molar-refractivity contribution in [3.8, 4) is 0 Å². The summed E-state index contributed by atoms with van der Waals surface area (Å²) in [5, 5.41) is 0. The smallest absolute Gasteiger partial charge is 0.243 e. The molecule has 19 heavy (non-hydrogen) atoms. The van der Waals surface area contributed by atoms with E-state index in [-0.39, 0.29) is 7.43 Å². The van der Waals surface area contributed by atoms with Crippen LogP contribution in [-0.4, -0.2) is 22.8 Å². The van der Waals surface area contributed by atoms with E-state index in [2.05, 4.69) is 9.55 Å². The number of aryl methyl sites for hydroxylation is 2. The molecule has 0 aromatic carbocycles. The van der Waals surface area contributed by atoms with E-state index in [0.29, 0.717) is 0 Å². The summed E-state index contributed by atoms with van der Waals surface area (Å²) in [6.07, 6.45) is 6.99. The van der Waals surface area contributed by atoms with Crippen molar-refractivity contribution in [3.63, 3.8) is 0 Å². The Morgan fingerprint density at radius 1 is 1.32 bits per heavy atom. The topological polar surface area (TPSA) is 30.9 Å². The highest BCUT2D eigenvalue weighted by Crippen LogP contribution is 1.99. The molecule has 0 saturated carbocycles. The lowest BCUT2D eigenvalue weighted by Gasteiger charge is -2.03. The van der Waals surface area contributed by atoms with Gasteiger partial charge in [-0.25, -0.2) is 9.13 Å². The van der Waals surface area contributed by atoms with Crippen LogP contribution < -0.4 is 4.57 Å². The molecule has 2 aromatic heterocycles. The Hall–Kier alpha value is -1.68. The molecular formula is C15H24N3O+. The van der Waals surface area contributed by atoms with Gasteiger partial charge >= 0.3 is 0 Å². The molecule has 2 rings (SSSR count). The van der Waals surface area contributed by atoms with Crippen LogP contribution in [0.3, 0.4) is 0 Å². The average Bonchev–Trinajstić information content (AvgIpc) is 2.75. The zero-order valence-corrected chi connectivity index (χ0v) is 11.0. The number of aromatic nitrogens is 3. The summed E-state index contributed by atoms with van der Waals surface area (Å²) in [4.78, 5) is 4.44. The monoisotopic (exact) mass is 262 g/mol. The molecule has 0 aliphatic carbocycles. The van der Waals surface area contributed by atoms with Crippen LogP contribution in [0.25, 0.3) is 0 Å². The van der Waals surface area contributed by atoms with Gasteiger partial charge in [0.1, 0.15) is 18.9 Å². The van der Waals surface area contributed by atoms with Gasteiger partial charge in [0.2, 0.25) is 6.33 Å². The summed E-state index contributed by atoms with van der Waals surface area (Å²) in [6.45, 7) is 4.36. The van der Waals surface area contributed by atoms with Crippen LogP contribution in [0.1, 0.15) is 18.8 Å². The molecule has 0 fully saturated rings. The van der Waals surface area contributed by atoms with Crippen molar-refractivity contribution in [2.45, 2.75) is 27.3 Å². The van der Waals surface area contributed by atoms with Crippen LogP contribution in [0.4, 0.5) is 0 Å². The van der Waals surface area contributed by atoms with Crippen LogP contribution in [0.5, 0.6) is 0 Å². The fourth-order valence-electron chi connectivity index (χ4n) is 1.82. The molecule has 0 atom stereocenters. The number of nitrogens with zero attached hydrogens (tertiary/aromatic N) is 3. The molecule has 104 valence electrons. The first kappa shape index (κ1) is 15.4. The zero-order valence-electron chi connectivity index (χ0n) is 11.0. The Morgan fingerprint density at radius 2 is 2.16 bits per heavy atom. The Morgan fingerprint density at radius 3 is 2.84 bits per heavy atom. The highest BCUT2D eigenvalue weighted by atomic mass is 16.5. The predicted molar refractivity (Wildman–Crippen MR) is 75.8 cm³/mol. The highest BCUT2D eigenvalue weighted by molar-refractivity contribution is 5.09. The Bertz CT molecular complexity index is 494. The van der Waals surface area contributed by atoms with Gasteiger partial charge in [-0.15, -0.1) is 0 Å². The van der Waals surface area contributed by atoms with Gasteiger partial charge in [-0.3, -0.25) is 4.98 Å². The first-order valence-electron chi connectivity index (χ1n) is 6.25. The summed E-state index contributed by atoms with van der Waals surface area (Å²) < 4.78 is 9.76. The molecule has 0 spiro atoms. The van der Waals surface area contributed by atoms with E-state index < -0.39 is 0 Å². The molecular weight excluding hydrogens is 238 g/mol. The van der Waals surface area contributed by atoms with E-state index in [1.54, 1.807) is 0 Å². The van der Waals surface area contributed by atoms with Crippen molar-refractivity contribution >= 4 is 0 Å². The summed E-state index contributed by atoms with van der Waals surface area (Å²) in [5.74, 6) is 0. The van der Waals surface area contributed by atoms with E-state index in [4.69, 9.17) is 4.74 Å². The average molecular weight is 262 g/mol. The van der Waals surface area contributed by atoms with Crippen molar-refractivity contribution in [3.05, 3.63) is 48.3 Å². The van der Waals surface area contributed by atoms with Gasteiger partial charge in [-0.2, -0.15) is 0 Å². The van der Waals surface area contributed by atoms with Crippen LogP contribution in [0.2, 0.25) is 0 Å². The largest absolute Gasteiger partial charge is 0.377 e. The highest BCUT2D eigenvalue weighted by Gasteiger charge is 2.00. The van der Waals surface area contributed by atoms with Gasteiger partial charge in [-0.05, 0) is 19.1 Å². The second kappa shape index (κ2) is 7.69. The SMILES string of the molecule is C.Cc1cccc(CCOCCn2cc[n+](C)c2)n1. The van der Waals surface area contributed by atoms with E-state index in [0.717, 1.165) is 37.6 Å². The molecule has 0 unspecified atom stereocenters. The third-order valence-corrected chi connectivity index (χ3v) is 2.77. The third kappa shape index (κ3) is 5.22. The fraction of sp³-hybridized carbons (Fsp3) is 0.467. The van der Waals surface area contributed by atoms with Crippen molar-refractivity contribution in [2.24, 2.45) is 7.05 Å².